The number of hydrogen-bond acceptors (Lipinski definition) is 4. The van der Waals surface area contributed by atoms with Gasteiger partial charge >= 0.3 is 0 Å². The fourth-order valence-electron chi connectivity index (χ4n) is 3.46. The summed E-state index contributed by atoms with van der Waals surface area (Å²) < 4.78 is 7.88. The summed E-state index contributed by atoms with van der Waals surface area (Å²) in [6.45, 7) is 3.06. The smallest absolute Gasteiger partial charge is 0.287 e. The normalized spacial score (nSPS) is 14.8. The monoisotopic (exact) mass is 456 g/mol. The van der Waals surface area contributed by atoms with E-state index in [0.717, 1.165) is 28.6 Å². The van der Waals surface area contributed by atoms with Gasteiger partial charge in [0.25, 0.3) is 11.8 Å². The van der Waals surface area contributed by atoms with Crippen LogP contribution in [0.25, 0.3) is 5.69 Å². The highest BCUT2D eigenvalue weighted by atomic mass is 79.9. The first-order valence-corrected chi connectivity index (χ1v) is 10.3. The second kappa shape index (κ2) is 8.24. The molecule has 29 heavy (non-hydrogen) atoms. The van der Waals surface area contributed by atoms with Crippen molar-refractivity contribution in [3.8, 4) is 5.69 Å². The summed E-state index contributed by atoms with van der Waals surface area (Å²) in [7, 11) is 0. The fourth-order valence-corrected chi connectivity index (χ4v) is 3.75. The predicted molar refractivity (Wildman–Crippen MR) is 111 cm³/mol. The van der Waals surface area contributed by atoms with E-state index in [4.69, 9.17) is 4.42 Å². The minimum atomic E-state index is -0.196. The summed E-state index contributed by atoms with van der Waals surface area (Å²) in [5.74, 6) is 0.163. The van der Waals surface area contributed by atoms with E-state index in [0.29, 0.717) is 24.4 Å². The van der Waals surface area contributed by atoms with E-state index in [2.05, 4.69) is 26.3 Å². The fraction of sp³-hybridized carbons (Fsp3) is 0.286. The van der Waals surface area contributed by atoms with Gasteiger partial charge in [0.1, 0.15) is 0 Å². The predicted octanol–water partition coefficient (Wildman–Crippen LogP) is 3.57. The van der Waals surface area contributed by atoms with Gasteiger partial charge in [0, 0.05) is 36.5 Å². The molecule has 3 heterocycles. The Morgan fingerprint density at radius 3 is 2.48 bits per heavy atom. The molecule has 0 atom stereocenters. The maximum atomic E-state index is 12.8. The number of rotatable bonds is 4. The molecule has 0 spiro atoms. The number of furan rings is 1. The lowest BCUT2D eigenvalue weighted by molar-refractivity contribution is 0.0695. The summed E-state index contributed by atoms with van der Waals surface area (Å²) in [5.41, 5.74) is 2.36. The number of nitrogens with one attached hydrogen (secondary N) is 1. The van der Waals surface area contributed by atoms with Crippen molar-refractivity contribution in [2.75, 3.05) is 13.1 Å². The van der Waals surface area contributed by atoms with Crippen molar-refractivity contribution < 1.29 is 14.0 Å². The van der Waals surface area contributed by atoms with E-state index in [9.17, 15) is 9.59 Å². The van der Waals surface area contributed by atoms with Gasteiger partial charge in [-0.2, -0.15) is 5.10 Å². The maximum absolute atomic E-state index is 12.8. The van der Waals surface area contributed by atoms with Gasteiger partial charge in [-0.15, -0.1) is 0 Å². The maximum Gasteiger partial charge on any atom is 0.287 e. The SMILES string of the molecule is Cc1ccoc1C(=O)NC1CCN(C(=O)c2ccc(-n3cc(Br)cn3)cc2)CC1. The number of aryl methyl sites for hydroxylation is 1. The molecule has 2 aromatic heterocycles. The molecule has 1 aliphatic rings. The third-order valence-corrected chi connectivity index (χ3v) is 5.53. The zero-order valence-electron chi connectivity index (χ0n) is 16.0. The van der Waals surface area contributed by atoms with Crippen LogP contribution in [0.3, 0.4) is 0 Å². The van der Waals surface area contributed by atoms with Gasteiger partial charge < -0.3 is 14.6 Å². The van der Waals surface area contributed by atoms with Crippen LogP contribution in [0.4, 0.5) is 0 Å². The van der Waals surface area contributed by atoms with Crippen LogP contribution in [0.15, 0.2) is 57.9 Å². The lowest BCUT2D eigenvalue weighted by Crippen LogP contribution is -2.46. The molecule has 0 unspecified atom stereocenters. The Bertz CT molecular complexity index is 1020. The molecular formula is C21H21BrN4O3. The Hall–Kier alpha value is -2.87. The van der Waals surface area contributed by atoms with Crippen LogP contribution in [0, 0.1) is 6.92 Å². The number of nitrogens with zero attached hydrogens (tertiary/aromatic N) is 3. The first-order chi connectivity index (χ1) is 14.0. The molecule has 0 radical (unpaired) electrons. The molecule has 1 N–H and O–H groups in total. The molecule has 1 aliphatic heterocycles. The van der Waals surface area contributed by atoms with Crippen LogP contribution in [0.2, 0.25) is 0 Å². The summed E-state index contributed by atoms with van der Waals surface area (Å²) in [6, 6.07) is 9.21. The van der Waals surface area contributed by atoms with Crippen LogP contribution >= 0.6 is 15.9 Å². The lowest BCUT2D eigenvalue weighted by atomic mass is 10.0. The Kier molecular flexibility index (Phi) is 5.53. The van der Waals surface area contributed by atoms with Gasteiger partial charge in [0.05, 0.1) is 22.6 Å². The van der Waals surface area contributed by atoms with Crippen molar-refractivity contribution in [3.63, 3.8) is 0 Å². The van der Waals surface area contributed by atoms with Crippen molar-refractivity contribution in [1.29, 1.82) is 0 Å². The molecule has 4 rings (SSSR count). The average molecular weight is 457 g/mol. The highest BCUT2D eigenvalue weighted by Gasteiger charge is 2.26. The highest BCUT2D eigenvalue weighted by Crippen LogP contribution is 2.18. The van der Waals surface area contributed by atoms with Gasteiger partial charge in [-0.1, -0.05) is 0 Å². The molecule has 1 fully saturated rings. The summed E-state index contributed by atoms with van der Waals surface area (Å²) in [4.78, 5) is 26.9. The Balaban J connectivity index is 1.33. The zero-order chi connectivity index (χ0) is 20.4. The quantitative estimate of drug-likeness (QED) is 0.650. The number of carbonyl (C=O) groups excluding carboxylic acids is 2. The number of likely N-dealkylation sites (tertiary alicyclic amines) is 1. The highest BCUT2D eigenvalue weighted by molar-refractivity contribution is 9.10. The number of benzene rings is 1. The third kappa shape index (κ3) is 4.27. The van der Waals surface area contributed by atoms with Crippen LogP contribution in [-0.4, -0.2) is 45.6 Å². The molecule has 2 amide bonds. The second-order valence-electron chi connectivity index (χ2n) is 7.12. The van der Waals surface area contributed by atoms with Crippen LogP contribution < -0.4 is 5.32 Å². The second-order valence-corrected chi connectivity index (χ2v) is 8.04. The molecule has 0 aliphatic carbocycles. The van der Waals surface area contributed by atoms with Gasteiger partial charge in [-0.05, 0) is 66.0 Å². The van der Waals surface area contributed by atoms with Gasteiger partial charge in [0.15, 0.2) is 5.76 Å². The minimum Gasteiger partial charge on any atom is -0.459 e. The van der Waals surface area contributed by atoms with Crippen molar-refractivity contribution in [3.05, 3.63) is 70.3 Å². The third-order valence-electron chi connectivity index (χ3n) is 5.12. The zero-order valence-corrected chi connectivity index (χ0v) is 17.6. The molecule has 8 heteroatoms. The van der Waals surface area contributed by atoms with Crippen molar-refractivity contribution in [1.82, 2.24) is 20.0 Å². The van der Waals surface area contributed by atoms with E-state index in [-0.39, 0.29) is 17.9 Å². The van der Waals surface area contributed by atoms with Crippen molar-refractivity contribution >= 4 is 27.7 Å². The standard InChI is InChI=1S/C21H21BrN4O3/c1-14-8-11-29-19(14)20(27)24-17-6-9-25(10-7-17)21(28)15-2-4-18(5-3-15)26-13-16(22)12-23-26/h2-5,8,11-13,17H,6-7,9-10H2,1H3,(H,24,27). The summed E-state index contributed by atoms with van der Waals surface area (Å²) in [5, 5.41) is 7.24. The summed E-state index contributed by atoms with van der Waals surface area (Å²) in [6.07, 6.45) is 6.53. The first kappa shape index (κ1) is 19.4. The van der Waals surface area contributed by atoms with E-state index < -0.39 is 0 Å². The molecule has 1 aromatic carbocycles. The topological polar surface area (TPSA) is 80.4 Å². The number of amides is 2. The van der Waals surface area contributed by atoms with E-state index in [1.54, 1.807) is 16.9 Å². The molecular weight excluding hydrogens is 436 g/mol. The molecule has 1 saturated heterocycles. The number of hydrogen-bond donors (Lipinski definition) is 1. The van der Waals surface area contributed by atoms with Gasteiger partial charge in [0.2, 0.25) is 0 Å². The minimum absolute atomic E-state index is 0.00449. The van der Waals surface area contributed by atoms with Crippen LogP contribution in [0.1, 0.15) is 39.3 Å². The lowest BCUT2D eigenvalue weighted by Gasteiger charge is -2.32. The van der Waals surface area contributed by atoms with Gasteiger partial charge in [-0.25, -0.2) is 4.68 Å². The first-order valence-electron chi connectivity index (χ1n) is 9.46. The van der Waals surface area contributed by atoms with E-state index in [1.807, 2.05) is 42.3 Å². The molecule has 7 nitrogen and oxygen atoms in total. The Morgan fingerprint density at radius 1 is 1.17 bits per heavy atom. The Labute approximate surface area is 176 Å². The number of aromatic nitrogens is 2. The van der Waals surface area contributed by atoms with Crippen molar-refractivity contribution in [2.45, 2.75) is 25.8 Å². The average Bonchev–Trinajstić information content (AvgIpc) is 3.36. The Morgan fingerprint density at radius 2 is 1.90 bits per heavy atom. The number of piperidine rings is 1. The molecule has 150 valence electrons. The van der Waals surface area contributed by atoms with Gasteiger partial charge in [-0.3, -0.25) is 9.59 Å². The molecule has 3 aromatic rings. The summed E-state index contributed by atoms with van der Waals surface area (Å²) >= 11 is 3.38. The van der Waals surface area contributed by atoms with E-state index >= 15 is 0 Å². The molecule has 0 bridgehead atoms. The van der Waals surface area contributed by atoms with Crippen molar-refractivity contribution in [2.24, 2.45) is 0 Å². The van der Waals surface area contributed by atoms with E-state index in [1.165, 1.54) is 6.26 Å². The molecule has 0 saturated carbocycles. The number of halogens is 1. The van der Waals surface area contributed by atoms with Crippen LogP contribution in [-0.2, 0) is 0 Å². The largest absolute Gasteiger partial charge is 0.459 e. The van der Waals surface area contributed by atoms with Crippen LogP contribution in [0.5, 0.6) is 0 Å². The number of carbonyl (C=O) groups is 2.